The molecule has 3 heterocycles. The van der Waals surface area contributed by atoms with E-state index in [2.05, 4.69) is 9.64 Å². The Balaban J connectivity index is 0.000000384. The van der Waals surface area contributed by atoms with E-state index in [9.17, 15) is 9.59 Å². The zero-order chi connectivity index (χ0) is 25.8. The molecule has 0 bridgehead atoms. The minimum absolute atomic E-state index is 0.0926. The molecule has 196 valence electrons. The fourth-order valence-corrected chi connectivity index (χ4v) is 4.29. The van der Waals surface area contributed by atoms with Crippen LogP contribution >= 0.6 is 0 Å². The number of ether oxygens (including phenoxy) is 4. The van der Waals surface area contributed by atoms with E-state index in [0.717, 1.165) is 48.2 Å². The summed E-state index contributed by atoms with van der Waals surface area (Å²) in [6.07, 6.45) is 2.93. The summed E-state index contributed by atoms with van der Waals surface area (Å²) >= 11 is 0. The van der Waals surface area contributed by atoms with Gasteiger partial charge in [-0.25, -0.2) is 0 Å². The molecule has 2 aromatic rings. The minimum atomic E-state index is -0.696. The highest BCUT2D eigenvalue weighted by atomic mass is 16.6. The molecular formula is C27H37N3O6. The van der Waals surface area contributed by atoms with Gasteiger partial charge in [0.1, 0.15) is 11.4 Å². The third kappa shape index (κ3) is 6.32. The maximum atomic E-state index is 13.3. The van der Waals surface area contributed by atoms with Crippen molar-refractivity contribution >= 4 is 23.3 Å². The van der Waals surface area contributed by atoms with Crippen molar-refractivity contribution in [2.24, 2.45) is 0 Å². The van der Waals surface area contributed by atoms with Crippen LogP contribution in [0.25, 0.3) is 10.9 Å². The van der Waals surface area contributed by atoms with Gasteiger partial charge >= 0.3 is 0 Å². The molecule has 1 unspecified atom stereocenters. The Labute approximate surface area is 212 Å². The Morgan fingerprint density at radius 3 is 2.64 bits per heavy atom. The molecule has 1 aromatic heterocycles. The van der Waals surface area contributed by atoms with Crippen LogP contribution in [-0.4, -0.2) is 84.6 Å². The second kappa shape index (κ2) is 11.1. The van der Waals surface area contributed by atoms with Crippen molar-refractivity contribution in [2.45, 2.75) is 63.9 Å². The molecule has 1 aliphatic carbocycles. The number of nitrogens with zero attached hydrogens (tertiary/aromatic N) is 3. The van der Waals surface area contributed by atoms with E-state index in [0.29, 0.717) is 45.4 Å². The maximum Gasteiger partial charge on any atom is 0.293 e. The molecule has 2 saturated heterocycles. The highest BCUT2D eigenvalue weighted by Crippen LogP contribution is 2.42. The molecule has 36 heavy (non-hydrogen) atoms. The predicted molar refractivity (Wildman–Crippen MR) is 134 cm³/mol. The van der Waals surface area contributed by atoms with Gasteiger partial charge in [0.05, 0.1) is 37.5 Å². The number of rotatable bonds is 10. The van der Waals surface area contributed by atoms with E-state index in [1.54, 1.807) is 7.11 Å². The lowest BCUT2D eigenvalue weighted by atomic mass is 10.1. The number of para-hydroxylation sites is 1. The summed E-state index contributed by atoms with van der Waals surface area (Å²) in [4.78, 5) is 31.8. The van der Waals surface area contributed by atoms with Crippen LogP contribution in [0.4, 0.5) is 0 Å². The summed E-state index contributed by atoms with van der Waals surface area (Å²) in [6, 6.07) is 10.3. The summed E-state index contributed by atoms with van der Waals surface area (Å²) in [7, 11) is 1.69. The van der Waals surface area contributed by atoms with Crippen LogP contribution in [0.3, 0.4) is 0 Å². The third-order valence-electron chi connectivity index (χ3n) is 6.31. The molecule has 9 heteroatoms. The van der Waals surface area contributed by atoms with E-state index >= 15 is 0 Å². The van der Waals surface area contributed by atoms with E-state index in [-0.39, 0.29) is 11.5 Å². The average Bonchev–Trinajstić information content (AvgIpc) is 3.77. The monoisotopic (exact) mass is 499 g/mol. The van der Waals surface area contributed by atoms with Crippen LogP contribution in [0, 0.1) is 0 Å². The number of carbonyl (C=O) groups excluding carboxylic acids is 2. The molecule has 0 N–H and O–H groups in total. The Morgan fingerprint density at radius 2 is 2.06 bits per heavy atom. The van der Waals surface area contributed by atoms with Gasteiger partial charge < -0.3 is 23.8 Å². The molecular weight excluding hydrogens is 462 g/mol. The largest absolute Gasteiger partial charge is 0.493 e. The Hall–Kier alpha value is -2.75. The summed E-state index contributed by atoms with van der Waals surface area (Å²) in [5.74, 6) is 0.906. The minimum Gasteiger partial charge on any atom is -0.493 e. The Morgan fingerprint density at radius 1 is 1.28 bits per heavy atom. The second-order valence-corrected chi connectivity index (χ2v) is 10.4. The molecule has 3 fully saturated rings. The first-order valence-electron chi connectivity index (χ1n) is 12.6. The Kier molecular flexibility index (Phi) is 8.12. The zero-order valence-electron chi connectivity index (χ0n) is 21.7. The molecule has 0 spiro atoms. The molecule has 1 saturated carbocycles. The van der Waals surface area contributed by atoms with E-state index in [1.165, 1.54) is 0 Å². The molecule has 5 rings (SSSR count). The lowest BCUT2D eigenvalue weighted by molar-refractivity contribution is -0.147. The maximum absolute atomic E-state index is 13.3. The van der Waals surface area contributed by atoms with Crippen molar-refractivity contribution < 1.29 is 28.5 Å². The van der Waals surface area contributed by atoms with Gasteiger partial charge in [0.15, 0.2) is 0 Å². The summed E-state index contributed by atoms with van der Waals surface area (Å²) < 4.78 is 21.5. The van der Waals surface area contributed by atoms with E-state index in [4.69, 9.17) is 19.2 Å². The first kappa shape index (κ1) is 26.3. The molecule has 0 radical (unpaired) electrons. The molecule has 1 aromatic carbocycles. The molecule has 1 amide bonds. The Bertz CT molecular complexity index is 1070. The van der Waals surface area contributed by atoms with Crippen LogP contribution in [0.15, 0.2) is 30.3 Å². The molecule has 3 aliphatic rings. The first-order chi connectivity index (χ1) is 17.3. The van der Waals surface area contributed by atoms with Gasteiger partial charge in [-0.2, -0.15) is 0 Å². The molecule has 2 aliphatic heterocycles. The zero-order valence-corrected chi connectivity index (χ0v) is 21.7. The number of benzene rings is 1. The number of morpholine rings is 1. The third-order valence-corrected chi connectivity index (χ3v) is 6.31. The van der Waals surface area contributed by atoms with Gasteiger partial charge in [-0.1, -0.05) is 12.1 Å². The summed E-state index contributed by atoms with van der Waals surface area (Å²) in [5.41, 5.74) is 0.728. The van der Waals surface area contributed by atoms with Gasteiger partial charge in [0, 0.05) is 44.2 Å². The molecule has 9 nitrogen and oxygen atoms in total. The number of hydrogen-bond donors (Lipinski definition) is 0. The van der Waals surface area contributed by atoms with Crippen molar-refractivity contribution in [1.29, 1.82) is 0 Å². The summed E-state index contributed by atoms with van der Waals surface area (Å²) in [5, 5.41) is 0.990. The lowest BCUT2D eigenvalue weighted by Crippen LogP contribution is -2.44. The van der Waals surface area contributed by atoms with Crippen molar-refractivity contribution in [3.8, 4) is 5.75 Å². The van der Waals surface area contributed by atoms with E-state index in [1.807, 2.05) is 56.0 Å². The van der Waals surface area contributed by atoms with Gasteiger partial charge in [-0.15, -0.1) is 0 Å². The fraction of sp³-hybridized carbons (Fsp3) is 0.593. The van der Waals surface area contributed by atoms with Gasteiger partial charge in [-0.05, 0) is 45.7 Å². The van der Waals surface area contributed by atoms with Crippen molar-refractivity contribution in [3.63, 3.8) is 0 Å². The van der Waals surface area contributed by atoms with Crippen LogP contribution in [0.2, 0.25) is 0 Å². The number of fused-ring (bicyclic) bond motifs is 2. The highest BCUT2D eigenvalue weighted by molar-refractivity contribution is 5.89. The van der Waals surface area contributed by atoms with Crippen molar-refractivity contribution in [1.82, 2.24) is 14.8 Å². The van der Waals surface area contributed by atoms with E-state index < -0.39 is 5.72 Å². The fourth-order valence-electron chi connectivity index (χ4n) is 4.29. The quantitative estimate of drug-likeness (QED) is 0.280. The smallest absolute Gasteiger partial charge is 0.293 e. The second-order valence-electron chi connectivity index (χ2n) is 10.4. The van der Waals surface area contributed by atoms with Crippen molar-refractivity contribution in [2.75, 3.05) is 40.0 Å². The molecule has 2 atom stereocenters. The van der Waals surface area contributed by atoms with Crippen LogP contribution in [0.1, 0.15) is 45.7 Å². The number of hydrogen-bond acceptors (Lipinski definition) is 8. The number of aromatic nitrogens is 1. The van der Waals surface area contributed by atoms with Crippen LogP contribution in [-0.2, 0) is 30.3 Å². The topological polar surface area (TPSA) is 90.2 Å². The standard InChI is InChI=1S/C22H27N3O4.C5H10O2/c1-27-10-4-11-28-20-13-16(23-19-6-3-2-5-18(19)20)14-25(17-7-8-17)21(26)22-15-24(22)9-12-29-22;1-5(2,3)7-4-6/h2-3,5-6,13,17H,4,7-12,14-15H2,1H3;4H,1-3H3/t22-,24?;/m1./s1. The number of methoxy groups -OCH3 is 1. The number of amides is 1. The number of carbonyl (C=O) groups is 2. The van der Waals surface area contributed by atoms with Gasteiger partial charge in [-0.3, -0.25) is 19.5 Å². The number of pyridine rings is 1. The van der Waals surface area contributed by atoms with Crippen molar-refractivity contribution in [3.05, 3.63) is 36.0 Å². The van der Waals surface area contributed by atoms with Crippen LogP contribution < -0.4 is 4.74 Å². The first-order valence-corrected chi connectivity index (χ1v) is 12.6. The highest BCUT2D eigenvalue weighted by Gasteiger charge is 2.65. The normalized spacial score (nSPS) is 22.3. The van der Waals surface area contributed by atoms with Gasteiger partial charge in [0.2, 0.25) is 5.72 Å². The lowest BCUT2D eigenvalue weighted by Gasteiger charge is -2.26. The summed E-state index contributed by atoms with van der Waals surface area (Å²) in [6.45, 7) is 9.85. The van der Waals surface area contributed by atoms with Gasteiger partial charge in [0.25, 0.3) is 12.4 Å². The van der Waals surface area contributed by atoms with Crippen LogP contribution in [0.5, 0.6) is 5.75 Å². The SMILES string of the molecule is CC(C)(C)OC=O.COCCCOc1cc(CN(C(=O)[C@]23CN2CCO3)C2CC2)nc2ccccc12. The average molecular weight is 500 g/mol. The predicted octanol–water partition coefficient (Wildman–Crippen LogP) is 3.14.